The number of likely N-dealkylation sites (tertiary alicyclic amines) is 1. The lowest BCUT2D eigenvalue weighted by atomic mass is 10.2. The highest BCUT2D eigenvalue weighted by molar-refractivity contribution is 7.14. The van der Waals surface area contributed by atoms with Gasteiger partial charge in [-0.05, 0) is 49.2 Å². The molecule has 0 saturated carbocycles. The van der Waals surface area contributed by atoms with Crippen LogP contribution >= 0.6 is 11.3 Å². The van der Waals surface area contributed by atoms with E-state index in [4.69, 9.17) is 10.5 Å². The summed E-state index contributed by atoms with van der Waals surface area (Å²) in [6.45, 7) is 0.700. The number of nitrogens with zero attached hydrogens (tertiary/aromatic N) is 1. The predicted molar refractivity (Wildman–Crippen MR) is 101 cm³/mol. The van der Waals surface area contributed by atoms with Crippen LogP contribution in [-0.2, 0) is 0 Å². The van der Waals surface area contributed by atoms with E-state index in [0.29, 0.717) is 17.1 Å². The molecule has 134 valence electrons. The Balaban J connectivity index is 1.62. The number of carbonyl (C=O) groups is 2. The minimum absolute atomic E-state index is 0.0125. The van der Waals surface area contributed by atoms with E-state index in [2.05, 4.69) is 4.98 Å². The fourth-order valence-electron chi connectivity index (χ4n) is 3.48. The highest BCUT2D eigenvalue weighted by Crippen LogP contribution is 2.37. The average Bonchev–Trinajstić information content (AvgIpc) is 3.37. The third-order valence-corrected chi connectivity index (χ3v) is 5.97. The number of nitrogens with one attached hydrogen (secondary N) is 1. The number of hydrogen-bond donors (Lipinski definition) is 2. The lowest BCUT2D eigenvalue weighted by Gasteiger charge is -2.23. The Morgan fingerprint density at radius 1 is 1.27 bits per heavy atom. The first-order valence-corrected chi connectivity index (χ1v) is 9.26. The maximum atomic E-state index is 13.1. The van der Waals surface area contributed by atoms with E-state index in [9.17, 15) is 9.59 Å². The van der Waals surface area contributed by atoms with Gasteiger partial charge in [0, 0.05) is 22.3 Å². The molecule has 2 aromatic heterocycles. The number of carbonyl (C=O) groups excluding carboxylic acids is 2. The lowest BCUT2D eigenvalue weighted by Crippen LogP contribution is -2.30. The van der Waals surface area contributed by atoms with Crippen LogP contribution < -0.4 is 10.5 Å². The molecule has 4 rings (SSSR count). The normalized spacial score (nSPS) is 17.0. The van der Waals surface area contributed by atoms with Gasteiger partial charge in [0.05, 0.1) is 18.0 Å². The summed E-state index contributed by atoms with van der Waals surface area (Å²) in [5.41, 5.74) is 6.82. The van der Waals surface area contributed by atoms with Gasteiger partial charge in [-0.3, -0.25) is 9.59 Å². The number of thiophene rings is 1. The smallest absolute Gasteiger partial charge is 0.270 e. The second-order valence-corrected chi connectivity index (χ2v) is 7.47. The molecule has 1 fully saturated rings. The van der Waals surface area contributed by atoms with Crippen LogP contribution in [0.5, 0.6) is 5.75 Å². The maximum Gasteiger partial charge on any atom is 0.270 e. The van der Waals surface area contributed by atoms with Crippen LogP contribution in [0.1, 0.15) is 43.9 Å². The average molecular weight is 369 g/mol. The Morgan fingerprint density at radius 3 is 2.85 bits per heavy atom. The molecular weight excluding hydrogens is 350 g/mol. The van der Waals surface area contributed by atoms with Gasteiger partial charge in [-0.2, -0.15) is 0 Å². The van der Waals surface area contributed by atoms with Crippen LogP contribution in [0.3, 0.4) is 0 Å². The van der Waals surface area contributed by atoms with Crippen molar-refractivity contribution in [1.82, 2.24) is 9.88 Å². The highest BCUT2D eigenvalue weighted by atomic mass is 32.1. The minimum Gasteiger partial charge on any atom is -0.497 e. The molecule has 3 aromatic rings. The number of methoxy groups -OCH3 is 1. The van der Waals surface area contributed by atoms with Gasteiger partial charge in [0.1, 0.15) is 11.4 Å². The van der Waals surface area contributed by atoms with Crippen molar-refractivity contribution in [3.63, 3.8) is 0 Å². The van der Waals surface area contributed by atoms with Crippen molar-refractivity contribution in [3.05, 3.63) is 51.8 Å². The Hall–Kier alpha value is -2.80. The number of benzene rings is 1. The van der Waals surface area contributed by atoms with E-state index in [1.165, 1.54) is 11.3 Å². The number of fused-ring (bicyclic) bond motifs is 1. The van der Waals surface area contributed by atoms with Crippen LogP contribution in [0.25, 0.3) is 10.9 Å². The van der Waals surface area contributed by atoms with Crippen molar-refractivity contribution in [3.8, 4) is 5.75 Å². The molecule has 0 radical (unpaired) electrons. The summed E-state index contributed by atoms with van der Waals surface area (Å²) in [6.07, 6.45) is 1.83. The molecular formula is C19H19N3O3S. The topological polar surface area (TPSA) is 88.4 Å². The first-order chi connectivity index (χ1) is 12.6. The number of primary amides is 1. The third kappa shape index (κ3) is 2.84. The van der Waals surface area contributed by atoms with Crippen LogP contribution in [0.4, 0.5) is 0 Å². The number of ether oxygens (including phenoxy) is 1. The van der Waals surface area contributed by atoms with Crippen LogP contribution in [0, 0.1) is 0 Å². The molecule has 7 heteroatoms. The van der Waals surface area contributed by atoms with Crippen molar-refractivity contribution >= 4 is 34.1 Å². The number of aromatic amines is 1. The molecule has 1 aromatic carbocycles. The first-order valence-electron chi connectivity index (χ1n) is 8.44. The number of H-pyrrole nitrogens is 1. The van der Waals surface area contributed by atoms with Crippen LogP contribution in [0.2, 0.25) is 0 Å². The first kappa shape index (κ1) is 16.7. The second-order valence-electron chi connectivity index (χ2n) is 6.36. The van der Waals surface area contributed by atoms with Crippen LogP contribution in [-0.4, -0.2) is 35.4 Å². The minimum atomic E-state index is -0.429. The SMILES string of the molecule is COc1ccc2[nH]c(C(=O)N3CCC[C@@H]3c3ccc(C(N)=O)s3)cc2c1. The third-order valence-electron chi connectivity index (χ3n) is 4.77. The zero-order chi connectivity index (χ0) is 18.3. The molecule has 1 aliphatic rings. The Labute approximate surface area is 154 Å². The molecule has 3 N–H and O–H groups in total. The second kappa shape index (κ2) is 6.49. The molecule has 6 nitrogen and oxygen atoms in total. The van der Waals surface area contributed by atoms with Crippen molar-refractivity contribution in [2.75, 3.05) is 13.7 Å². The van der Waals surface area contributed by atoms with E-state index in [0.717, 1.165) is 34.4 Å². The number of aromatic nitrogens is 1. The van der Waals surface area contributed by atoms with E-state index >= 15 is 0 Å². The summed E-state index contributed by atoms with van der Waals surface area (Å²) < 4.78 is 5.24. The van der Waals surface area contributed by atoms with Gasteiger partial charge in [-0.1, -0.05) is 0 Å². The van der Waals surface area contributed by atoms with Gasteiger partial charge in [0.25, 0.3) is 11.8 Å². The molecule has 0 bridgehead atoms. The molecule has 1 aliphatic heterocycles. The standard InChI is InChI=1S/C19H19N3O3S/c1-25-12-4-5-13-11(9-12)10-14(21-13)19(24)22-8-2-3-15(22)16-6-7-17(26-16)18(20)23/h4-7,9-10,15,21H,2-3,8H2,1H3,(H2,20,23)/t15-/m1/s1. The van der Waals surface area contributed by atoms with Gasteiger partial charge in [-0.15, -0.1) is 11.3 Å². The van der Waals surface area contributed by atoms with E-state index in [1.807, 2.05) is 35.2 Å². The molecule has 1 saturated heterocycles. The number of hydrogen-bond acceptors (Lipinski definition) is 4. The fraction of sp³-hybridized carbons (Fsp3) is 0.263. The molecule has 0 aliphatic carbocycles. The van der Waals surface area contributed by atoms with Crippen molar-refractivity contribution in [2.24, 2.45) is 5.73 Å². The van der Waals surface area contributed by atoms with Crippen molar-refractivity contribution in [2.45, 2.75) is 18.9 Å². The molecule has 0 unspecified atom stereocenters. The number of amides is 2. The highest BCUT2D eigenvalue weighted by Gasteiger charge is 2.32. The van der Waals surface area contributed by atoms with Gasteiger partial charge >= 0.3 is 0 Å². The predicted octanol–water partition coefficient (Wildman–Crippen LogP) is 3.31. The molecule has 26 heavy (non-hydrogen) atoms. The van der Waals surface area contributed by atoms with Gasteiger partial charge in [0.15, 0.2) is 0 Å². The quantitative estimate of drug-likeness (QED) is 0.739. The fourth-order valence-corrected chi connectivity index (χ4v) is 4.49. The van der Waals surface area contributed by atoms with Crippen LogP contribution in [0.15, 0.2) is 36.4 Å². The zero-order valence-corrected chi connectivity index (χ0v) is 15.1. The molecule has 2 amide bonds. The Bertz CT molecular complexity index is 991. The molecule has 3 heterocycles. The largest absolute Gasteiger partial charge is 0.497 e. The zero-order valence-electron chi connectivity index (χ0n) is 14.3. The van der Waals surface area contributed by atoms with Gasteiger partial charge in [-0.25, -0.2) is 0 Å². The summed E-state index contributed by atoms with van der Waals surface area (Å²) in [5, 5.41) is 0.940. The van der Waals surface area contributed by atoms with E-state index < -0.39 is 5.91 Å². The molecule has 1 atom stereocenters. The number of rotatable bonds is 4. The lowest BCUT2D eigenvalue weighted by molar-refractivity contribution is 0.0732. The molecule has 0 spiro atoms. The van der Waals surface area contributed by atoms with E-state index in [-0.39, 0.29) is 11.9 Å². The Kier molecular flexibility index (Phi) is 4.16. The summed E-state index contributed by atoms with van der Waals surface area (Å²) in [6, 6.07) is 11.2. The monoisotopic (exact) mass is 369 g/mol. The van der Waals surface area contributed by atoms with Crippen molar-refractivity contribution < 1.29 is 14.3 Å². The summed E-state index contributed by atoms with van der Waals surface area (Å²) in [7, 11) is 1.62. The maximum absolute atomic E-state index is 13.1. The summed E-state index contributed by atoms with van der Waals surface area (Å²) in [4.78, 5) is 31.0. The number of nitrogens with two attached hydrogens (primary N) is 1. The van der Waals surface area contributed by atoms with Gasteiger partial charge < -0.3 is 20.4 Å². The summed E-state index contributed by atoms with van der Waals surface area (Å²) >= 11 is 1.37. The van der Waals surface area contributed by atoms with E-state index in [1.54, 1.807) is 13.2 Å². The summed E-state index contributed by atoms with van der Waals surface area (Å²) in [5.74, 6) is 0.297. The Morgan fingerprint density at radius 2 is 2.12 bits per heavy atom. The van der Waals surface area contributed by atoms with Crippen molar-refractivity contribution in [1.29, 1.82) is 0 Å². The van der Waals surface area contributed by atoms with Gasteiger partial charge in [0.2, 0.25) is 0 Å².